The number of amides is 1. The van der Waals surface area contributed by atoms with Gasteiger partial charge >= 0.3 is 55.4 Å². The van der Waals surface area contributed by atoms with Crippen LogP contribution >= 0.6 is 86.6 Å². The molecule has 55 heavy (non-hydrogen) atoms. The number of carbonyl (C=O) groups excluding carboxylic acids is 1. The number of aromatic nitrogens is 6. The zero-order valence-corrected chi connectivity index (χ0v) is 40.3. The molecule has 0 saturated carbocycles. The summed E-state index contributed by atoms with van der Waals surface area (Å²) in [7, 11) is 0.628. The molecular weight excluding hydrogens is 1120 g/mol. The standard InChI is InChI=1S/C17H18N6OS.C13H14N4O2.C4H6N2S.3HI.V/c1-8-5-21-16(25-8)23-14(24)13-11-10(7-19-13)12-9(4-17(11,2)3)6-20-15(18)22-12;1-13(2)3-6-4-16-12(14)17-9(6)7-5-15-10(8(7)13)11(18)19;1-3-2-6-4(5)7-3;;;;/h5-6H,4,7H2,1-3H3,(H2,18,20,22)(H,21,23,24);4H,3,5H2,1-2H3,(H,18,19)(H2,14,16,17);2H,1H3,(H2,5,6);3*1H;/q;;;;;;+2/p-2. The summed E-state index contributed by atoms with van der Waals surface area (Å²) in [5.41, 5.74) is 24.0. The summed E-state index contributed by atoms with van der Waals surface area (Å²) in [5.74, 6) is -0.767. The maximum atomic E-state index is 12.8. The maximum absolute atomic E-state index is 12.8. The van der Waals surface area contributed by atoms with Crippen molar-refractivity contribution in [1.29, 1.82) is 0 Å². The van der Waals surface area contributed by atoms with Crippen molar-refractivity contribution in [3.8, 4) is 0 Å². The number of hydrogen-bond acceptors (Lipinski definition) is 15. The van der Waals surface area contributed by atoms with Gasteiger partial charge in [0.2, 0.25) is 11.9 Å². The fraction of sp³-hybridized carbons (Fsp3) is 0.353. The van der Waals surface area contributed by atoms with Crippen LogP contribution in [0.3, 0.4) is 0 Å². The Hall–Kier alpha value is -2.65. The van der Waals surface area contributed by atoms with E-state index >= 15 is 0 Å². The Balaban J connectivity index is 0.000000197. The van der Waals surface area contributed by atoms with Crippen LogP contribution in [0.15, 0.2) is 45.9 Å². The van der Waals surface area contributed by atoms with Gasteiger partial charge in [0.1, 0.15) is 11.4 Å². The van der Waals surface area contributed by atoms with Crippen molar-refractivity contribution in [3.05, 3.63) is 68.2 Å². The Labute approximate surface area is 372 Å². The molecule has 4 aliphatic rings. The molecule has 0 aromatic carbocycles. The summed E-state index contributed by atoms with van der Waals surface area (Å²) in [6.45, 7) is 13.0. The number of rotatable bonds is 3. The number of aryl methyl sites for hydroxylation is 2. The number of fused-ring (bicyclic) bond motifs is 4. The molecule has 15 nitrogen and oxygen atoms in total. The van der Waals surface area contributed by atoms with Gasteiger partial charge in [0.15, 0.2) is 10.3 Å². The van der Waals surface area contributed by atoms with Crippen LogP contribution in [-0.4, -0.2) is 71.4 Å². The third kappa shape index (κ3) is 10.5. The van der Waals surface area contributed by atoms with Crippen LogP contribution in [0.5, 0.6) is 0 Å². The molecule has 2 aliphatic heterocycles. The van der Waals surface area contributed by atoms with Crippen molar-refractivity contribution in [2.24, 2.45) is 20.8 Å². The summed E-state index contributed by atoms with van der Waals surface area (Å²) >= 11 is 7.69. The summed E-state index contributed by atoms with van der Waals surface area (Å²) in [5, 5.41) is 13.4. The predicted molar refractivity (Wildman–Crippen MR) is 244 cm³/mol. The molecule has 2 aliphatic carbocycles. The molecule has 6 heterocycles. The molecule has 0 saturated heterocycles. The molecule has 0 atom stereocenters. The second kappa shape index (κ2) is 18.7. The van der Waals surface area contributed by atoms with Crippen molar-refractivity contribution in [2.45, 2.75) is 54.4 Å². The predicted octanol–water partition coefficient (Wildman–Crippen LogP) is 6.61. The fourth-order valence-electron chi connectivity index (χ4n) is 6.81. The molecule has 8 rings (SSSR count). The number of aliphatic imine (C=N–C) groups is 2. The Morgan fingerprint density at radius 2 is 1.22 bits per heavy atom. The van der Waals surface area contributed by atoms with Crippen molar-refractivity contribution in [2.75, 3.05) is 35.6 Å². The number of hydrogen-bond donors (Lipinski definition) is 5. The van der Waals surface area contributed by atoms with E-state index in [1.165, 1.54) is 22.7 Å². The van der Waals surface area contributed by atoms with Gasteiger partial charge in [-0.15, -0.1) is 46.7 Å². The molecule has 0 fully saturated rings. The van der Waals surface area contributed by atoms with Gasteiger partial charge in [-0.1, -0.05) is 27.7 Å². The van der Waals surface area contributed by atoms with E-state index in [2.05, 4.69) is 99.0 Å². The molecule has 1 amide bonds. The van der Waals surface area contributed by atoms with E-state index in [9.17, 15) is 14.7 Å². The first-order valence-corrected chi connectivity index (χ1v) is 27.0. The van der Waals surface area contributed by atoms with Gasteiger partial charge in [-0.3, -0.25) is 20.1 Å². The molecule has 4 aromatic rings. The molecule has 0 bridgehead atoms. The number of thiazole rings is 2. The van der Waals surface area contributed by atoms with Crippen LogP contribution in [0.1, 0.15) is 60.0 Å². The second-order valence-corrected chi connectivity index (χ2v) is 28.1. The number of carboxylic acid groups (broad SMARTS) is 1. The first-order valence-electron chi connectivity index (χ1n) is 16.3. The van der Waals surface area contributed by atoms with Gasteiger partial charge in [-0.25, -0.2) is 34.7 Å². The SMILES string of the molecule is CC1(C)Cc2cnc(N)nc2C2=C1C(C(=O)O)=NC2.Cc1cnc(N)s1.Cc1cnc(NC(=O)C2=NCC3=C2C(C)(C)Cc2cnc(N)nc23)s1.I.[I][V][I]. The average Bonchev–Trinajstić information content (AvgIpc) is 3.90. The molecule has 4 aromatic heterocycles. The van der Waals surface area contributed by atoms with Crippen LogP contribution in [-0.2, 0) is 31.9 Å². The molecule has 0 unspecified atom stereocenters. The van der Waals surface area contributed by atoms with Crippen molar-refractivity contribution < 1.29 is 24.2 Å². The van der Waals surface area contributed by atoms with Crippen LogP contribution in [0.2, 0.25) is 0 Å². The zero-order chi connectivity index (χ0) is 39.5. The van der Waals surface area contributed by atoms with E-state index in [1.54, 1.807) is 24.8 Å². The Morgan fingerprint density at radius 1 is 0.764 bits per heavy atom. The number of nitrogens with one attached hydrogen (secondary N) is 1. The van der Waals surface area contributed by atoms with E-state index in [4.69, 9.17) is 17.2 Å². The number of halogens is 3. The molecule has 291 valence electrons. The number of anilines is 4. The fourth-order valence-corrected chi connectivity index (χ4v) is 8.02. The zero-order valence-electron chi connectivity index (χ0n) is 30.6. The summed E-state index contributed by atoms with van der Waals surface area (Å²) in [4.78, 5) is 59.7. The van der Waals surface area contributed by atoms with E-state index in [-0.39, 0.29) is 58.3 Å². The number of nitrogen functional groups attached to an aromatic ring is 3. The van der Waals surface area contributed by atoms with Crippen molar-refractivity contribution in [3.63, 3.8) is 0 Å². The van der Waals surface area contributed by atoms with E-state index in [0.717, 1.165) is 61.0 Å². The van der Waals surface area contributed by atoms with Gasteiger partial charge < -0.3 is 22.3 Å². The van der Waals surface area contributed by atoms with E-state index in [0.29, 0.717) is 45.0 Å². The number of carbonyl (C=O) groups is 2. The number of carboxylic acids is 1. The van der Waals surface area contributed by atoms with Crippen LogP contribution in [0.4, 0.5) is 22.2 Å². The average molecular weight is 1160 g/mol. The quantitative estimate of drug-likeness (QED) is 0.136. The van der Waals surface area contributed by atoms with Gasteiger partial charge in [0.25, 0.3) is 5.91 Å². The molecule has 0 spiro atoms. The van der Waals surface area contributed by atoms with Gasteiger partial charge in [-0.2, -0.15) is 0 Å². The van der Waals surface area contributed by atoms with Crippen molar-refractivity contribution in [1.82, 2.24) is 29.9 Å². The summed E-state index contributed by atoms with van der Waals surface area (Å²) < 4.78 is 0. The monoisotopic (exact) mass is 1160 g/mol. The van der Waals surface area contributed by atoms with E-state index in [1.807, 2.05) is 27.7 Å². The van der Waals surface area contributed by atoms with Crippen molar-refractivity contribution >= 4 is 143 Å². The Bertz CT molecular complexity index is 2230. The number of nitrogens with zero attached hydrogens (tertiary/aromatic N) is 8. The molecule has 8 N–H and O–H groups in total. The van der Waals surface area contributed by atoms with Gasteiger partial charge in [0.05, 0.1) is 24.5 Å². The van der Waals surface area contributed by atoms with Gasteiger partial charge in [0, 0.05) is 45.7 Å². The summed E-state index contributed by atoms with van der Waals surface area (Å²) in [6, 6.07) is 0. The third-order valence-corrected chi connectivity index (χ3v) is 10.3. The molecule has 0 radical (unpaired) electrons. The molecule has 21 heteroatoms. The first-order chi connectivity index (χ1) is 25.4. The molecular formula is C34H39I3N12O3S2V. The Morgan fingerprint density at radius 3 is 1.62 bits per heavy atom. The Kier molecular flexibility index (Phi) is 15.4. The van der Waals surface area contributed by atoms with E-state index < -0.39 is 5.97 Å². The minimum absolute atomic E-state index is 0. The minimum atomic E-state index is -0.983. The van der Waals surface area contributed by atoms with Gasteiger partial charge in [-0.05, 0) is 59.8 Å². The van der Waals surface area contributed by atoms with Crippen LogP contribution < -0.4 is 22.5 Å². The first kappa shape index (κ1) is 45.1. The number of aliphatic carboxylic acids is 1. The topological polar surface area (TPSA) is 247 Å². The number of nitrogens with two attached hydrogens (primary N) is 3. The van der Waals surface area contributed by atoms with Crippen LogP contribution in [0.25, 0.3) is 11.1 Å². The normalized spacial score (nSPS) is 16.4. The second-order valence-electron chi connectivity index (χ2n) is 13.8. The third-order valence-electron chi connectivity index (χ3n) is 8.72. The summed E-state index contributed by atoms with van der Waals surface area (Å²) in [6.07, 6.45) is 8.43. The van der Waals surface area contributed by atoms with Crippen LogP contribution in [0, 0.1) is 24.7 Å².